The molecular formula is C32H42N4O5S. The number of carbonyl (C=O) groups is 1. The second-order valence-electron chi connectivity index (χ2n) is 11.5. The Kier molecular flexibility index (Phi) is 9.65. The molecule has 0 aliphatic carbocycles. The fourth-order valence-corrected chi connectivity index (χ4v) is 7.71. The molecule has 2 aliphatic heterocycles. The molecule has 1 N–H and O–H groups in total. The van der Waals surface area contributed by atoms with Gasteiger partial charge in [0.2, 0.25) is 15.9 Å². The van der Waals surface area contributed by atoms with E-state index in [9.17, 15) is 13.2 Å². The number of hydrogen-bond donors (Lipinski definition) is 1. The van der Waals surface area contributed by atoms with Crippen molar-refractivity contribution in [1.29, 1.82) is 0 Å². The minimum Gasteiger partial charge on any atom is -0.463 e. The van der Waals surface area contributed by atoms with Crippen molar-refractivity contribution in [2.24, 2.45) is 5.92 Å². The number of amides is 1. The van der Waals surface area contributed by atoms with E-state index in [1.807, 2.05) is 49.4 Å². The normalized spacial score (nSPS) is 19.5. The topological polar surface area (TPSA) is 109 Å². The lowest BCUT2D eigenvalue weighted by atomic mass is 9.97. The summed E-state index contributed by atoms with van der Waals surface area (Å²) in [7, 11) is -3.84. The molecule has 4 heterocycles. The van der Waals surface area contributed by atoms with Crippen LogP contribution in [0.2, 0.25) is 0 Å². The van der Waals surface area contributed by atoms with Crippen LogP contribution in [0.15, 0.2) is 50.2 Å². The molecule has 0 saturated carbocycles. The molecule has 3 aromatic rings. The van der Waals surface area contributed by atoms with Crippen molar-refractivity contribution in [1.82, 2.24) is 19.7 Å². The van der Waals surface area contributed by atoms with E-state index in [2.05, 4.69) is 22.3 Å². The van der Waals surface area contributed by atoms with Crippen molar-refractivity contribution in [2.45, 2.75) is 83.3 Å². The van der Waals surface area contributed by atoms with Crippen molar-refractivity contribution in [3.63, 3.8) is 0 Å². The van der Waals surface area contributed by atoms with Crippen molar-refractivity contribution in [2.75, 3.05) is 19.6 Å². The predicted molar refractivity (Wildman–Crippen MR) is 162 cm³/mol. The van der Waals surface area contributed by atoms with Gasteiger partial charge in [-0.2, -0.15) is 4.31 Å². The van der Waals surface area contributed by atoms with Crippen LogP contribution < -0.4 is 5.32 Å². The van der Waals surface area contributed by atoms with Crippen molar-refractivity contribution in [3.05, 3.63) is 70.5 Å². The molecule has 0 radical (unpaired) electrons. The lowest BCUT2D eigenvalue weighted by molar-refractivity contribution is -0.126. The number of rotatable bonds is 10. The van der Waals surface area contributed by atoms with Gasteiger partial charge < -0.3 is 14.3 Å². The number of benzene rings is 1. The van der Waals surface area contributed by atoms with E-state index in [1.54, 1.807) is 13.0 Å². The van der Waals surface area contributed by atoms with Gasteiger partial charge in [0.1, 0.15) is 17.2 Å². The third-order valence-corrected chi connectivity index (χ3v) is 10.6. The molecular weight excluding hydrogens is 552 g/mol. The molecule has 0 spiro atoms. The number of aryl methyl sites for hydroxylation is 2. The third kappa shape index (κ3) is 7.04. The Morgan fingerprint density at radius 3 is 2.48 bits per heavy atom. The number of hydrogen-bond acceptors (Lipinski definition) is 7. The molecule has 226 valence electrons. The number of nitrogens with zero attached hydrogens (tertiary/aromatic N) is 3. The quantitative estimate of drug-likeness (QED) is 0.328. The predicted octanol–water partition coefficient (Wildman–Crippen LogP) is 5.54. The first kappa shape index (κ1) is 30.3. The summed E-state index contributed by atoms with van der Waals surface area (Å²) in [6.07, 6.45) is 9.26. The Bertz CT molecular complexity index is 1480. The monoisotopic (exact) mass is 594 g/mol. The van der Waals surface area contributed by atoms with Gasteiger partial charge in [-0.3, -0.25) is 9.69 Å². The molecule has 2 saturated heterocycles. The van der Waals surface area contributed by atoms with Crippen LogP contribution in [0.4, 0.5) is 0 Å². The smallest absolute Gasteiger partial charge is 0.248 e. The van der Waals surface area contributed by atoms with Gasteiger partial charge in [-0.15, -0.1) is 0 Å². The summed E-state index contributed by atoms with van der Waals surface area (Å²) in [6.45, 7) is 8.62. The van der Waals surface area contributed by atoms with Crippen LogP contribution in [0, 0.1) is 19.8 Å². The molecule has 2 aliphatic rings. The van der Waals surface area contributed by atoms with Crippen LogP contribution >= 0.6 is 0 Å². The van der Waals surface area contributed by atoms with Gasteiger partial charge in [0.25, 0.3) is 0 Å². The van der Waals surface area contributed by atoms with Gasteiger partial charge in [-0.1, -0.05) is 54.4 Å². The third-order valence-electron chi connectivity index (χ3n) is 8.49. The fraction of sp³-hybridized carbons (Fsp3) is 0.500. The van der Waals surface area contributed by atoms with Gasteiger partial charge in [0.05, 0.1) is 13.1 Å². The summed E-state index contributed by atoms with van der Waals surface area (Å²) in [5.74, 6) is 1.54. The summed E-state index contributed by atoms with van der Waals surface area (Å²) in [6, 6.07) is 12.4. The summed E-state index contributed by atoms with van der Waals surface area (Å²) < 4.78 is 40.0. The van der Waals surface area contributed by atoms with Gasteiger partial charge in [-0.05, 0) is 76.3 Å². The highest BCUT2D eigenvalue weighted by Crippen LogP contribution is 2.29. The van der Waals surface area contributed by atoms with Crippen LogP contribution in [0.1, 0.15) is 79.6 Å². The first-order valence-electron chi connectivity index (χ1n) is 15.0. The van der Waals surface area contributed by atoms with Crippen LogP contribution in [0.3, 0.4) is 0 Å². The van der Waals surface area contributed by atoms with Gasteiger partial charge >= 0.3 is 0 Å². The molecule has 9 nitrogen and oxygen atoms in total. The molecule has 2 fully saturated rings. The Balaban J connectivity index is 1.14. The molecule has 0 bridgehead atoms. The molecule has 42 heavy (non-hydrogen) atoms. The number of carbonyl (C=O) groups excluding carboxylic acids is 1. The number of likely N-dealkylation sites (tertiary alicyclic amines) is 1. The minimum absolute atomic E-state index is 0.0741. The molecule has 1 amide bonds. The molecule has 1 aromatic carbocycles. The lowest BCUT2D eigenvalue weighted by Crippen LogP contribution is -2.43. The highest BCUT2D eigenvalue weighted by atomic mass is 32.2. The van der Waals surface area contributed by atoms with Gasteiger partial charge in [0, 0.05) is 25.0 Å². The summed E-state index contributed by atoms with van der Waals surface area (Å²) in [4.78, 5) is 15.5. The standard InChI is InChI=1S/C32H42N4O5S/c1-4-27-7-5-6-18-35(27)22-29-14-13-28(40-29)21-33-32(37)26-16-19-36(20-17-26)42(38,39)31-24(3)34-41-30(31)15-12-25-10-8-23(2)9-11-25/h8-15,26-27H,4-7,16-22H2,1-3H3,(H,33,37)/b15-12+/t27-/m1/s1. The zero-order valence-corrected chi connectivity index (χ0v) is 25.7. The Hall–Kier alpha value is -3.21. The molecule has 10 heteroatoms. The number of furan rings is 1. The molecule has 5 rings (SSSR count). The first-order chi connectivity index (χ1) is 20.2. The van der Waals surface area contributed by atoms with Crippen molar-refractivity contribution < 1.29 is 22.2 Å². The molecule has 2 aromatic heterocycles. The zero-order valence-electron chi connectivity index (χ0n) is 24.8. The van der Waals surface area contributed by atoms with E-state index in [0.717, 1.165) is 42.2 Å². The van der Waals surface area contributed by atoms with E-state index >= 15 is 0 Å². The maximum atomic E-state index is 13.6. The Morgan fingerprint density at radius 1 is 1.00 bits per heavy atom. The maximum Gasteiger partial charge on any atom is 0.248 e. The van der Waals surface area contributed by atoms with E-state index < -0.39 is 10.0 Å². The second kappa shape index (κ2) is 13.4. The molecule has 1 atom stereocenters. The van der Waals surface area contributed by atoms with Crippen LogP contribution in [-0.4, -0.2) is 54.4 Å². The zero-order chi connectivity index (χ0) is 29.7. The van der Waals surface area contributed by atoms with E-state index in [0.29, 0.717) is 31.1 Å². The minimum atomic E-state index is -3.84. The van der Waals surface area contributed by atoms with E-state index in [1.165, 1.54) is 23.6 Å². The highest BCUT2D eigenvalue weighted by Gasteiger charge is 2.36. The highest BCUT2D eigenvalue weighted by molar-refractivity contribution is 7.89. The number of nitrogens with one attached hydrogen (secondary N) is 1. The number of aromatic nitrogens is 1. The molecule has 0 unspecified atom stereocenters. The van der Waals surface area contributed by atoms with Crippen molar-refractivity contribution in [3.8, 4) is 0 Å². The Labute approximate surface area is 249 Å². The number of sulfonamides is 1. The van der Waals surface area contributed by atoms with Crippen LogP contribution in [0.5, 0.6) is 0 Å². The SMILES string of the molecule is CC[C@@H]1CCCCN1Cc1ccc(CNC(=O)C2CCN(S(=O)(=O)c3c(C)noc3/C=C/c3ccc(C)cc3)CC2)o1. The van der Waals surface area contributed by atoms with Crippen molar-refractivity contribution >= 4 is 28.1 Å². The van der Waals surface area contributed by atoms with Gasteiger partial charge in [-0.25, -0.2) is 8.42 Å². The largest absolute Gasteiger partial charge is 0.463 e. The maximum absolute atomic E-state index is 13.6. The van der Waals surface area contributed by atoms with Gasteiger partial charge in [0.15, 0.2) is 10.7 Å². The first-order valence-corrected chi connectivity index (χ1v) is 16.5. The fourth-order valence-electron chi connectivity index (χ4n) is 5.99. The summed E-state index contributed by atoms with van der Waals surface area (Å²) in [5, 5.41) is 6.93. The van der Waals surface area contributed by atoms with E-state index in [-0.39, 0.29) is 35.6 Å². The summed E-state index contributed by atoms with van der Waals surface area (Å²) >= 11 is 0. The second-order valence-corrected chi connectivity index (χ2v) is 13.4. The average Bonchev–Trinajstić information content (AvgIpc) is 3.62. The van der Waals surface area contributed by atoms with Crippen LogP contribution in [0.25, 0.3) is 12.2 Å². The number of piperidine rings is 2. The summed E-state index contributed by atoms with van der Waals surface area (Å²) in [5.41, 5.74) is 2.40. The Morgan fingerprint density at radius 2 is 1.74 bits per heavy atom. The van der Waals surface area contributed by atoms with E-state index in [4.69, 9.17) is 8.94 Å². The lowest BCUT2D eigenvalue weighted by Gasteiger charge is -2.34. The average molecular weight is 595 g/mol. The van der Waals surface area contributed by atoms with Crippen LogP contribution in [-0.2, 0) is 27.9 Å².